The third-order valence-corrected chi connectivity index (χ3v) is 4.23. The van der Waals surface area contributed by atoms with Crippen molar-refractivity contribution in [3.8, 4) is 5.69 Å². The van der Waals surface area contributed by atoms with Gasteiger partial charge in [0.15, 0.2) is 0 Å². The highest BCUT2D eigenvalue weighted by molar-refractivity contribution is 6.06. The molecule has 2 heterocycles. The zero-order chi connectivity index (χ0) is 18.8. The second kappa shape index (κ2) is 6.87. The summed E-state index contributed by atoms with van der Waals surface area (Å²) in [6.07, 6.45) is 3.18. The van der Waals surface area contributed by atoms with Crippen LogP contribution in [0.5, 0.6) is 0 Å². The Labute approximate surface area is 153 Å². The Balaban J connectivity index is 1.62. The first-order valence-electron chi connectivity index (χ1n) is 8.30. The number of carbonyl (C=O) groups is 1. The van der Waals surface area contributed by atoms with Crippen LogP contribution in [-0.2, 0) is 6.54 Å². The zero-order valence-corrected chi connectivity index (χ0v) is 14.1. The molecule has 4 rings (SSSR count). The average Bonchev–Trinajstić information content (AvgIpc) is 3.12. The summed E-state index contributed by atoms with van der Waals surface area (Å²) in [5.41, 5.74) is 2.54. The number of H-pyrrole nitrogens is 1. The number of benzene rings is 2. The van der Waals surface area contributed by atoms with Crippen LogP contribution >= 0.6 is 0 Å². The molecule has 0 aliphatic carbocycles. The van der Waals surface area contributed by atoms with Gasteiger partial charge in [-0.25, -0.2) is 9.07 Å². The summed E-state index contributed by atoms with van der Waals surface area (Å²) in [4.78, 5) is 26.3. The van der Waals surface area contributed by atoms with Gasteiger partial charge in [0.05, 0.1) is 23.0 Å². The number of nitrogens with zero attached hydrogens (tertiary/aromatic N) is 2. The molecule has 1 amide bonds. The minimum absolute atomic E-state index is 0.192. The van der Waals surface area contributed by atoms with E-state index >= 15 is 0 Å². The van der Waals surface area contributed by atoms with Crippen molar-refractivity contribution in [3.63, 3.8) is 0 Å². The van der Waals surface area contributed by atoms with E-state index in [-0.39, 0.29) is 23.8 Å². The molecule has 0 saturated carbocycles. The summed E-state index contributed by atoms with van der Waals surface area (Å²) in [7, 11) is 0. The van der Waals surface area contributed by atoms with Gasteiger partial charge in [0.25, 0.3) is 5.91 Å². The third-order valence-electron chi connectivity index (χ3n) is 4.23. The SMILES string of the molecule is O=C(NCc1ccc(=O)[nH]c1)c1cccc2c1cnn2-c1ccc(F)cc1. The van der Waals surface area contributed by atoms with Crippen molar-refractivity contribution in [2.75, 3.05) is 0 Å². The predicted molar refractivity (Wildman–Crippen MR) is 99.3 cm³/mol. The molecular formula is C20H15FN4O2. The molecular weight excluding hydrogens is 347 g/mol. The Morgan fingerprint density at radius 3 is 2.67 bits per heavy atom. The fraction of sp³-hybridized carbons (Fsp3) is 0.0500. The van der Waals surface area contributed by atoms with Crippen LogP contribution in [0.15, 0.2) is 71.8 Å². The molecule has 4 aromatic rings. The van der Waals surface area contributed by atoms with E-state index < -0.39 is 0 Å². The number of hydrogen-bond donors (Lipinski definition) is 2. The number of carbonyl (C=O) groups excluding carboxylic acids is 1. The van der Waals surface area contributed by atoms with E-state index in [9.17, 15) is 14.0 Å². The van der Waals surface area contributed by atoms with Crippen molar-refractivity contribution in [3.05, 3.63) is 94.3 Å². The van der Waals surface area contributed by atoms with Gasteiger partial charge in [-0.05, 0) is 42.0 Å². The Hall–Kier alpha value is -3.74. The van der Waals surface area contributed by atoms with E-state index in [0.29, 0.717) is 16.6 Å². The fourth-order valence-corrected chi connectivity index (χ4v) is 2.87. The Kier molecular flexibility index (Phi) is 4.25. The molecule has 0 saturated heterocycles. The Morgan fingerprint density at radius 1 is 1.11 bits per heavy atom. The molecule has 0 spiro atoms. The minimum Gasteiger partial charge on any atom is -0.348 e. The van der Waals surface area contributed by atoms with E-state index in [2.05, 4.69) is 15.4 Å². The summed E-state index contributed by atoms with van der Waals surface area (Å²) >= 11 is 0. The van der Waals surface area contributed by atoms with Gasteiger partial charge in [-0.3, -0.25) is 9.59 Å². The van der Waals surface area contributed by atoms with Crippen molar-refractivity contribution in [2.45, 2.75) is 6.54 Å². The maximum absolute atomic E-state index is 13.2. The Bertz CT molecular complexity index is 1160. The molecule has 6 nitrogen and oxygen atoms in total. The molecule has 27 heavy (non-hydrogen) atoms. The molecule has 0 aliphatic rings. The quantitative estimate of drug-likeness (QED) is 0.586. The summed E-state index contributed by atoms with van der Waals surface area (Å²) in [6, 6.07) is 14.4. The first-order chi connectivity index (χ1) is 13.1. The van der Waals surface area contributed by atoms with Crippen molar-refractivity contribution in [1.82, 2.24) is 20.1 Å². The highest BCUT2D eigenvalue weighted by atomic mass is 19.1. The molecule has 0 unspecified atom stereocenters. The number of pyridine rings is 1. The van der Waals surface area contributed by atoms with Crippen LogP contribution in [-0.4, -0.2) is 20.7 Å². The third kappa shape index (κ3) is 3.35. The van der Waals surface area contributed by atoms with Crippen LogP contribution < -0.4 is 10.9 Å². The number of amides is 1. The molecule has 0 aliphatic heterocycles. The smallest absolute Gasteiger partial charge is 0.252 e. The van der Waals surface area contributed by atoms with Gasteiger partial charge in [0.2, 0.25) is 5.56 Å². The van der Waals surface area contributed by atoms with Gasteiger partial charge in [-0.2, -0.15) is 5.10 Å². The second-order valence-electron chi connectivity index (χ2n) is 6.02. The normalized spacial score (nSPS) is 10.9. The van der Waals surface area contributed by atoms with Gasteiger partial charge >= 0.3 is 0 Å². The molecule has 0 atom stereocenters. The Morgan fingerprint density at radius 2 is 1.93 bits per heavy atom. The number of aromatic amines is 1. The minimum atomic E-state index is -0.322. The van der Waals surface area contributed by atoms with Gasteiger partial charge in [-0.1, -0.05) is 12.1 Å². The lowest BCUT2D eigenvalue weighted by atomic mass is 10.1. The standard InChI is InChI=1S/C20H15FN4O2/c21-14-5-7-15(8-6-14)25-18-3-1-2-16(17(18)12-24-25)20(27)23-11-13-4-9-19(26)22-10-13/h1-10,12H,11H2,(H,22,26)(H,23,27). The lowest BCUT2D eigenvalue weighted by Crippen LogP contribution is -2.23. The number of aromatic nitrogens is 3. The maximum Gasteiger partial charge on any atom is 0.252 e. The number of nitrogens with one attached hydrogen (secondary N) is 2. The molecule has 134 valence electrons. The van der Waals surface area contributed by atoms with E-state index in [4.69, 9.17) is 0 Å². The molecule has 0 bridgehead atoms. The van der Waals surface area contributed by atoms with Crippen molar-refractivity contribution < 1.29 is 9.18 Å². The highest BCUT2D eigenvalue weighted by Gasteiger charge is 2.14. The summed E-state index contributed by atoms with van der Waals surface area (Å²) in [6.45, 7) is 0.290. The number of fused-ring (bicyclic) bond motifs is 1. The average molecular weight is 362 g/mol. The van der Waals surface area contributed by atoms with Gasteiger partial charge in [0.1, 0.15) is 5.82 Å². The number of rotatable bonds is 4. The lowest BCUT2D eigenvalue weighted by molar-refractivity contribution is 0.0952. The van der Waals surface area contributed by atoms with Crippen LogP contribution in [0.1, 0.15) is 15.9 Å². The first-order valence-corrected chi connectivity index (χ1v) is 8.30. The highest BCUT2D eigenvalue weighted by Crippen LogP contribution is 2.22. The summed E-state index contributed by atoms with van der Waals surface area (Å²) in [5, 5.41) is 7.87. The van der Waals surface area contributed by atoms with Crippen LogP contribution in [0.25, 0.3) is 16.6 Å². The fourth-order valence-electron chi connectivity index (χ4n) is 2.87. The largest absolute Gasteiger partial charge is 0.348 e. The lowest BCUT2D eigenvalue weighted by Gasteiger charge is -2.07. The van der Waals surface area contributed by atoms with E-state index in [1.54, 1.807) is 47.4 Å². The molecule has 2 aromatic heterocycles. The first kappa shape index (κ1) is 16.7. The second-order valence-corrected chi connectivity index (χ2v) is 6.02. The van der Waals surface area contributed by atoms with E-state index in [1.807, 2.05) is 6.07 Å². The topological polar surface area (TPSA) is 79.8 Å². The molecule has 2 aromatic carbocycles. The molecule has 7 heteroatoms. The van der Waals surface area contributed by atoms with E-state index in [1.165, 1.54) is 18.2 Å². The predicted octanol–water partition coefficient (Wildman–Crippen LogP) is 2.78. The van der Waals surface area contributed by atoms with E-state index in [0.717, 1.165) is 11.1 Å². The number of hydrogen-bond acceptors (Lipinski definition) is 3. The summed E-state index contributed by atoms with van der Waals surface area (Å²) < 4.78 is 14.8. The molecule has 0 fully saturated rings. The van der Waals surface area contributed by atoms with Gasteiger partial charge in [0, 0.05) is 24.2 Å². The van der Waals surface area contributed by atoms with Crippen LogP contribution in [0.4, 0.5) is 4.39 Å². The van der Waals surface area contributed by atoms with Gasteiger partial charge < -0.3 is 10.3 Å². The van der Waals surface area contributed by atoms with Crippen LogP contribution in [0.2, 0.25) is 0 Å². The monoisotopic (exact) mass is 362 g/mol. The molecule has 0 radical (unpaired) electrons. The van der Waals surface area contributed by atoms with Crippen LogP contribution in [0, 0.1) is 5.82 Å². The molecule has 2 N–H and O–H groups in total. The summed E-state index contributed by atoms with van der Waals surface area (Å²) in [5.74, 6) is -0.567. The van der Waals surface area contributed by atoms with Gasteiger partial charge in [-0.15, -0.1) is 0 Å². The zero-order valence-electron chi connectivity index (χ0n) is 14.1. The maximum atomic E-state index is 13.2. The van der Waals surface area contributed by atoms with Crippen molar-refractivity contribution in [2.24, 2.45) is 0 Å². The van der Waals surface area contributed by atoms with Crippen LogP contribution in [0.3, 0.4) is 0 Å². The van der Waals surface area contributed by atoms with Crippen molar-refractivity contribution >= 4 is 16.8 Å². The number of halogens is 1. The van der Waals surface area contributed by atoms with Crippen molar-refractivity contribution in [1.29, 1.82) is 0 Å².